The van der Waals surface area contributed by atoms with Crippen LogP contribution in [0.3, 0.4) is 0 Å². The first kappa shape index (κ1) is 24.0. The Morgan fingerprint density at radius 2 is 1.94 bits per heavy atom. The van der Waals surface area contributed by atoms with Gasteiger partial charge in [0, 0.05) is 5.70 Å². The third-order valence-corrected chi connectivity index (χ3v) is 4.50. The summed E-state index contributed by atoms with van der Waals surface area (Å²) in [6, 6.07) is 1.03. The summed E-state index contributed by atoms with van der Waals surface area (Å²) in [7, 11) is 1.38. The van der Waals surface area contributed by atoms with Gasteiger partial charge in [-0.2, -0.15) is 0 Å². The van der Waals surface area contributed by atoms with E-state index in [4.69, 9.17) is 14.2 Å². The van der Waals surface area contributed by atoms with Crippen LogP contribution in [0.5, 0.6) is 11.5 Å². The van der Waals surface area contributed by atoms with Gasteiger partial charge in [0.05, 0.1) is 48.0 Å². The number of nitrogens with zero attached hydrogens (tertiary/aromatic N) is 1. The van der Waals surface area contributed by atoms with Gasteiger partial charge in [-0.3, -0.25) is 10.1 Å². The smallest absolute Gasteiger partial charge is 0.338 e. The van der Waals surface area contributed by atoms with Crippen LogP contribution in [0, 0.1) is 10.1 Å². The average molecular weight is 435 g/mol. The highest BCUT2D eigenvalue weighted by atomic mass is 16.6. The molecule has 1 aliphatic heterocycles. The Bertz CT molecular complexity index is 880. The van der Waals surface area contributed by atoms with Crippen molar-refractivity contribution in [3.8, 4) is 11.5 Å². The number of amides is 2. The van der Waals surface area contributed by atoms with Crippen LogP contribution in [0.4, 0.5) is 10.5 Å². The van der Waals surface area contributed by atoms with Gasteiger partial charge >= 0.3 is 12.0 Å². The van der Waals surface area contributed by atoms with E-state index in [1.807, 2.05) is 13.8 Å². The van der Waals surface area contributed by atoms with Gasteiger partial charge in [0.15, 0.2) is 11.5 Å². The maximum absolute atomic E-state index is 12.9. The highest BCUT2D eigenvalue weighted by Crippen LogP contribution is 2.41. The van der Waals surface area contributed by atoms with E-state index in [1.54, 1.807) is 13.8 Å². The van der Waals surface area contributed by atoms with Gasteiger partial charge in [0.2, 0.25) is 0 Å². The van der Waals surface area contributed by atoms with E-state index in [0.29, 0.717) is 31.6 Å². The molecular formula is C21H29N3O7. The summed E-state index contributed by atoms with van der Waals surface area (Å²) >= 11 is 0. The van der Waals surface area contributed by atoms with Gasteiger partial charge in [-0.15, -0.1) is 0 Å². The lowest BCUT2D eigenvalue weighted by molar-refractivity contribution is -0.385. The van der Waals surface area contributed by atoms with E-state index >= 15 is 0 Å². The zero-order valence-electron chi connectivity index (χ0n) is 18.4. The topological polar surface area (TPSA) is 129 Å². The number of methoxy groups -OCH3 is 1. The Hall–Kier alpha value is -3.30. The molecule has 1 heterocycles. The lowest BCUT2D eigenvalue weighted by Crippen LogP contribution is -2.46. The van der Waals surface area contributed by atoms with Crippen molar-refractivity contribution in [2.24, 2.45) is 0 Å². The van der Waals surface area contributed by atoms with Crippen LogP contribution in [-0.2, 0) is 9.53 Å². The fourth-order valence-corrected chi connectivity index (χ4v) is 3.26. The number of allylic oxidation sites excluding steroid dienone is 1. The number of benzene rings is 1. The average Bonchev–Trinajstić information content (AvgIpc) is 2.70. The summed E-state index contributed by atoms with van der Waals surface area (Å²) in [5, 5.41) is 17.1. The number of hydrogen-bond donors (Lipinski definition) is 2. The number of nitro groups is 1. The van der Waals surface area contributed by atoms with Crippen LogP contribution in [0.25, 0.3) is 0 Å². The number of nitrogens with one attached hydrogen (secondary N) is 2. The van der Waals surface area contributed by atoms with Crippen LogP contribution in [0.2, 0.25) is 0 Å². The highest BCUT2D eigenvalue weighted by Gasteiger charge is 2.38. The summed E-state index contributed by atoms with van der Waals surface area (Å²) in [5.74, 6) is -0.184. The number of esters is 1. The van der Waals surface area contributed by atoms with Crippen molar-refractivity contribution in [3.05, 3.63) is 39.1 Å². The number of ether oxygens (including phenoxy) is 3. The Labute approximate surface area is 181 Å². The summed E-state index contributed by atoms with van der Waals surface area (Å²) < 4.78 is 16.3. The minimum Gasteiger partial charge on any atom is -0.493 e. The van der Waals surface area contributed by atoms with Crippen LogP contribution >= 0.6 is 0 Å². The molecule has 1 aromatic carbocycles. The summed E-state index contributed by atoms with van der Waals surface area (Å²) in [6.45, 7) is 7.59. The first-order chi connectivity index (χ1) is 14.7. The molecule has 2 amide bonds. The van der Waals surface area contributed by atoms with Crippen molar-refractivity contribution in [2.75, 3.05) is 13.7 Å². The van der Waals surface area contributed by atoms with E-state index in [2.05, 4.69) is 10.6 Å². The van der Waals surface area contributed by atoms with E-state index in [-0.39, 0.29) is 28.3 Å². The summed E-state index contributed by atoms with van der Waals surface area (Å²) in [5.41, 5.74) is 0.308. The molecule has 0 radical (unpaired) electrons. The molecule has 0 saturated carbocycles. The zero-order valence-corrected chi connectivity index (χ0v) is 18.4. The maximum Gasteiger partial charge on any atom is 0.338 e. The second-order valence-corrected chi connectivity index (χ2v) is 7.30. The molecule has 0 spiro atoms. The van der Waals surface area contributed by atoms with Gasteiger partial charge in [-0.05, 0) is 32.8 Å². The minimum atomic E-state index is -1.09. The van der Waals surface area contributed by atoms with Crippen LogP contribution in [0.15, 0.2) is 23.4 Å². The third kappa shape index (κ3) is 5.65. The van der Waals surface area contributed by atoms with E-state index in [9.17, 15) is 19.7 Å². The fraction of sp³-hybridized carbons (Fsp3) is 0.524. The maximum atomic E-state index is 12.9. The SMILES string of the molecule is CCCOc1cc(C2NC(=O)NC(CCC)=C2C(=O)OC(C)C)c([N+](=O)[O-])cc1OC. The molecule has 2 N–H and O–H groups in total. The van der Waals surface area contributed by atoms with Gasteiger partial charge < -0.3 is 24.8 Å². The van der Waals surface area contributed by atoms with Crippen molar-refractivity contribution < 1.29 is 28.7 Å². The Balaban J connectivity index is 2.72. The van der Waals surface area contributed by atoms with Crippen LogP contribution in [0.1, 0.15) is 58.6 Å². The largest absolute Gasteiger partial charge is 0.493 e. The molecule has 170 valence electrons. The van der Waals surface area contributed by atoms with Crippen molar-refractivity contribution in [2.45, 2.75) is 59.1 Å². The lowest BCUT2D eigenvalue weighted by atomic mass is 9.92. The Morgan fingerprint density at radius 1 is 1.23 bits per heavy atom. The molecule has 0 aliphatic carbocycles. The molecule has 0 saturated heterocycles. The predicted molar refractivity (Wildman–Crippen MR) is 113 cm³/mol. The van der Waals surface area contributed by atoms with Crippen molar-refractivity contribution in [3.63, 3.8) is 0 Å². The monoisotopic (exact) mass is 435 g/mol. The third-order valence-electron chi connectivity index (χ3n) is 4.50. The molecule has 2 rings (SSSR count). The Morgan fingerprint density at radius 3 is 2.48 bits per heavy atom. The van der Waals surface area contributed by atoms with Crippen molar-refractivity contribution in [1.29, 1.82) is 0 Å². The molecule has 1 aromatic rings. The number of hydrogen-bond acceptors (Lipinski definition) is 7. The van der Waals surface area contributed by atoms with E-state index < -0.39 is 29.1 Å². The molecular weight excluding hydrogens is 406 g/mol. The molecule has 1 atom stereocenters. The fourth-order valence-electron chi connectivity index (χ4n) is 3.26. The second-order valence-electron chi connectivity index (χ2n) is 7.30. The highest BCUT2D eigenvalue weighted by molar-refractivity contribution is 5.95. The number of carbonyl (C=O) groups excluding carboxylic acids is 2. The first-order valence-corrected chi connectivity index (χ1v) is 10.2. The molecule has 1 unspecified atom stereocenters. The van der Waals surface area contributed by atoms with Crippen LogP contribution < -0.4 is 20.1 Å². The molecule has 1 aliphatic rings. The second kappa shape index (κ2) is 10.6. The molecule has 0 fully saturated rings. The Kier molecular flexibility index (Phi) is 8.23. The van der Waals surface area contributed by atoms with Gasteiger partial charge in [-0.1, -0.05) is 20.3 Å². The zero-order chi connectivity index (χ0) is 23.1. The number of nitro benzene ring substituents is 1. The lowest BCUT2D eigenvalue weighted by Gasteiger charge is -2.30. The predicted octanol–water partition coefficient (Wildman–Crippen LogP) is 3.75. The normalized spacial score (nSPS) is 15.9. The number of rotatable bonds is 10. The quantitative estimate of drug-likeness (QED) is 0.325. The van der Waals surface area contributed by atoms with Gasteiger partial charge in [0.25, 0.3) is 5.69 Å². The van der Waals surface area contributed by atoms with E-state index in [1.165, 1.54) is 19.2 Å². The molecule has 31 heavy (non-hydrogen) atoms. The number of urea groups is 1. The van der Waals surface area contributed by atoms with E-state index in [0.717, 1.165) is 0 Å². The van der Waals surface area contributed by atoms with Gasteiger partial charge in [0.1, 0.15) is 0 Å². The minimum absolute atomic E-state index is 0.107. The molecule has 0 bridgehead atoms. The van der Waals surface area contributed by atoms with Crippen molar-refractivity contribution >= 4 is 17.7 Å². The number of carbonyl (C=O) groups is 2. The van der Waals surface area contributed by atoms with Gasteiger partial charge in [-0.25, -0.2) is 9.59 Å². The molecule has 10 nitrogen and oxygen atoms in total. The van der Waals surface area contributed by atoms with Crippen LogP contribution in [-0.4, -0.2) is 36.7 Å². The molecule has 10 heteroatoms. The first-order valence-electron chi connectivity index (χ1n) is 10.2. The van der Waals surface area contributed by atoms with Crippen molar-refractivity contribution in [1.82, 2.24) is 10.6 Å². The molecule has 0 aromatic heterocycles. The summed E-state index contributed by atoms with van der Waals surface area (Å²) in [4.78, 5) is 36.6. The standard InChI is InChI=1S/C21H29N3O7/c1-6-8-14-18(20(25)31-12(3)4)19(23-21(26)22-14)13-10-17(30-9-7-2)16(29-5)11-15(13)24(27)28/h10-12,19H,6-9H2,1-5H3,(H2,22,23,26). The summed E-state index contributed by atoms with van der Waals surface area (Å²) in [6.07, 6.45) is 1.35.